The highest BCUT2D eigenvalue weighted by atomic mass is 32.1. The quantitative estimate of drug-likeness (QED) is 0.617. The highest BCUT2D eigenvalue weighted by Crippen LogP contribution is 2.28. The molecule has 0 amide bonds. The number of benzene rings is 1. The molecule has 0 aliphatic carbocycles. The predicted octanol–water partition coefficient (Wildman–Crippen LogP) is 3.97. The van der Waals surface area contributed by atoms with E-state index in [0.717, 1.165) is 4.88 Å². The second-order valence-corrected chi connectivity index (χ2v) is 5.54. The van der Waals surface area contributed by atoms with Gasteiger partial charge in [-0.3, -0.25) is 4.79 Å². The second kappa shape index (κ2) is 6.39. The van der Waals surface area contributed by atoms with Crippen LogP contribution in [0.3, 0.4) is 0 Å². The molecule has 0 atom stereocenters. The Bertz CT molecular complexity index is 641. The molecule has 0 radical (unpaired) electrons. The molecule has 20 heavy (non-hydrogen) atoms. The minimum atomic E-state index is -0.0583. The number of hydrogen-bond donors (Lipinski definition) is 0. The van der Waals surface area contributed by atoms with Crippen molar-refractivity contribution in [3.05, 3.63) is 51.7 Å². The van der Waals surface area contributed by atoms with Gasteiger partial charge < -0.3 is 9.47 Å². The Morgan fingerprint density at radius 3 is 2.45 bits per heavy atom. The Morgan fingerprint density at radius 1 is 1.10 bits per heavy atom. The molecular formula is C16H16O3S. The van der Waals surface area contributed by atoms with Crippen molar-refractivity contribution in [1.82, 2.24) is 0 Å². The number of carbonyl (C=O) groups excluding carboxylic acids is 1. The molecule has 1 aromatic heterocycles. The molecule has 104 valence electrons. The lowest BCUT2D eigenvalue weighted by molar-refractivity contribution is 0.104. The third kappa shape index (κ3) is 3.27. The summed E-state index contributed by atoms with van der Waals surface area (Å²) in [4.78, 5) is 14.4. The lowest BCUT2D eigenvalue weighted by Crippen LogP contribution is -1.97. The number of hydrogen-bond acceptors (Lipinski definition) is 4. The maximum atomic E-state index is 12.1. The summed E-state index contributed by atoms with van der Waals surface area (Å²) in [5, 5.41) is 0. The SMILES string of the molecule is COc1ccc(C(=O)/C=C/c2ccc(C)s2)cc1OC. The number of ketones is 1. The third-order valence-electron chi connectivity index (χ3n) is 2.83. The van der Waals surface area contributed by atoms with Crippen LogP contribution in [-0.2, 0) is 0 Å². The van der Waals surface area contributed by atoms with E-state index in [1.807, 2.05) is 25.1 Å². The molecular weight excluding hydrogens is 272 g/mol. The van der Waals surface area contributed by atoms with Crippen molar-refractivity contribution >= 4 is 23.2 Å². The largest absolute Gasteiger partial charge is 0.493 e. The summed E-state index contributed by atoms with van der Waals surface area (Å²) < 4.78 is 10.3. The number of aryl methyl sites for hydroxylation is 1. The van der Waals surface area contributed by atoms with Gasteiger partial charge >= 0.3 is 0 Å². The highest BCUT2D eigenvalue weighted by molar-refractivity contribution is 7.12. The Balaban J connectivity index is 2.19. The maximum absolute atomic E-state index is 12.1. The van der Waals surface area contributed by atoms with E-state index in [9.17, 15) is 4.79 Å². The summed E-state index contributed by atoms with van der Waals surface area (Å²) in [6.07, 6.45) is 3.41. The Hall–Kier alpha value is -2.07. The van der Waals surface area contributed by atoms with Gasteiger partial charge in [-0.2, -0.15) is 0 Å². The molecule has 0 N–H and O–H groups in total. The second-order valence-electron chi connectivity index (χ2n) is 4.22. The van der Waals surface area contributed by atoms with Crippen LogP contribution >= 0.6 is 11.3 Å². The van der Waals surface area contributed by atoms with Crippen molar-refractivity contribution in [3.63, 3.8) is 0 Å². The van der Waals surface area contributed by atoms with Crippen LogP contribution in [0, 0.1) is 6.92 Å². The number of methoxy groups -OCH3 is 2. The highest BCUT2D eigenvalue weighted by Gasteiger charge is 2.08. The fourth-order valence-corrected chi connectivity index (χ4v) is 2.57. The van der Waals surface area contributed by atoms with Crippen molar-refractivity contribution in [2.24, 2.45) is 0 Å². The van der Waals surface area contributed by atoms with Crippen LogP contribution in [0.2, 0.25) is 0 Å². The first-order valence-electron chi connectivity index (χ1n) is 6.15. The van der Waals surface area contributed by atoms with E-state index in [-0.39, 0.29) is 5.78 Å². The minimum Gasteiger partial charge on any atom is -0.493 e. The molecule has 0 bridgehead atoms. The summed E-state index contributed by atoms with van der Waals surface area (Å²) in [5.41, 5.74) is 0.576. The van der Waals surface area contributed by atoms with Gasteiger partial charge in [0.05, 0.1) is 14.2 Å². The van der Waals surface area contributed by atoms with Crippen molar-refractivity contribution in [2.75, 3.05) is 14.2 Å². The first kappa shape index (κ1) is 14.3. The molecule has 0 fully saturated rings. The van der Waals surface area contributed by atoms with Gasteiger partial charge in [0.25, 0.3) is 0 Å². The van der Waals surface area contributed by atoms with Gasteiger partial charge in [-0.1, -0.05) is 0 Å². The zero-order valence-corrected chi connectivity index (χ0v) is 12.5. The van der Waals surface area contributed by atoms with E-state index in [1.54, 1.807) is 49.8 Å². The van der Waals surface area contributed by atoms with Crippen LogP contribution in [0.4, 0.5) is 0 Å². The topological polar surface area (TPSA) is 35.5 Å². The molecule has 0 aliphatic rings. The van der Waals surface area contributed by atoms with E-state index in [0.29, 0.717) is 17.1 Å². The van der Waals surface area contributed by atoms with Gasteiger partial charge in [0.1, 0.15) is 0 Å². The predicted molar refractivity (Wildman–Crippen MR) is 82.0 cm³/mol. The zero-order valence-electron chi connectivity index (χ0n) is 11.7. The van der Waals surface area contributed by atoms with Gasteiger partial charge in [-0.25, -0.2) is 0 Å². The van der Waals surface area contributed by atoms with E-state index in [4.69, 9.17) is 9.47 Å². The molecule has 4 heteroatoms. The monoisotopic (exact) mass is 288 g/mol. The Labute approximate surface area is 122 Å². The first-order chi connectivity index (χ1) is 9.63. The van der Waals surface area contributed by atoms with Crippen LogP contribution in [0.5, 0.6) is 11.5 Å². The maximum Gasteiger partial charge on any atom is 0.186 e. The van der Waals surface area contributed by atoms with Crippen molar-refractivity contribution < 1.29 is 14.3 Å². The molecule has 3 nitrogen and oxygen atoms in total. The molecule has 0 saturated heterocycles. The molecule has 1 aromatic carbocycles. The van der Waals surface area contributed by atoms with Crippen molar-refractivity contribution in [1.29, 1.82) is 0 Å². The number of ether oxygens (including phenoxy) is 2. The van der Waals surface area contributed by atoms with Crippen LogP contribution in [0.15, 0.2) is 36.4 Å². The van der Waals surface area contributed by atoms with Crippen molar-refractivity contribution in [2.45, 2.75) is 6.92 Å². The number of carbonyl (C=O) groups is 1. The zero-order chi connectivity index (χ0) is 14.5. The summed E-state index contributed by atoms with van der Waals surface area (Å²) in [6.45, 7) is 2.04. The average molecular weight is 288 g/mol. The van der Waals surface area contributed by atoms with Gasteiger partial charge in [-0.05, 0) is 49.4 Å². The van der Waals surface area contributed by atoms with E-state index >= 15 is 0 Å². The summed E-state index contributed by atoms with van der Waals surface area (Å²) in [5.74, 6) is 1.11. The van der Waals surface area contributed by atoms with Gasteiger partial charge in [-0.15, -0.1) is 11.3 Å². The summed E-state index contributed by atoms with van der Waals surface area (Å²) >= 11 is 1.65. The Morgan fingerprint density at radius 2 is 1.85 bits per heavy atom. The van der Waals surface area contributed by atoms with Crippen LogP contribution in [0.25, 0.3) is 6.08 Å². The van der Waals surface area contributed by atoms with Gasteiger partial charge in [0, 0.05) is 15.3 Å². The number of thiophene rings is 1. The van der Waals surface area contributed by atoms with Gasteiger partial charge in [0.2, 0.25) is 0 Å². The third-order valence-corrected chi connectivity index (χ3v) is 3.79. The number of rotatable bonds is 5. The fourth-order valence-electron chi connectivity index (χ4n) is 1.79. The van der Waals surface area contributed by atoms with Crippen LogP contribution < -0.4 is 9.47 Å². The first-order valence-corrected chi connectivity index (χ1v) is 6.96. The van der Waals surface area contributed by atoms with E-state index in [2.05, 4.69) is 0 Å². The molecule has 0 spiro atoms. The fraction of sp³-hybridized carbons (Fsp3) is 0.188. The molecule has 1 heterocycles. The average Bonchev–Trinajstić information content (AvgIpc) is 2.89. The lowest BCUT2D eigenvalue weighted by atomic mass is 10.1. The van der Waals surface area contributed by atoms with Gasteiger partial charge in [0.15, 0.2) is 17.3 Å². The molecule has 0 saturated carbocycles. The van der Waals surface area contributed by atoms with Crippen LogP contribution in [-0.4, -0.2) is 20.0 Å². The lowest BCUT2D eigenvalue weighted by Gasteiger charge is -2.07. The standard InChI is InChI=1S/C16H16O3S/c1-11-4-6-13(20-11)7-8-14(17)12-5-9-15(18-2)16(10-12)19-3/h4-10H,1-3H3/b8-7+. The molecule has 2 aromatic rings. The normalized spacial score (nSPS) is 10.8. The van der Waals surface area contributed by atoms with E-state index in [1.165, 1.54) is 4.88 Å². The molecule has 0 aliphatic heterocycles. The van der Waals surface area contributed by atoms with Crippen LogP contribution in [0.1, 0.15) is 20.1 Å². The van der Waals surface area contributed by atoms with Crippen molar-refractivity contribution in [3.8, 4) is 11.5 Å². The van der Waals surface area contributed by atoms with E-state index < -0.39 is 0 Å². The minimum absolute atomic E-state index is 0.0583. The summed E-state index contributed by atoms with van der Waals surface area (Å²) in [6, 6.07) is 9.18. The molecule has 2 rings (SSSR count). The Kier molecular flexibility index (Phi) is 4.58. The smallest absolute Gasteiger partial charge is 0.186 e. The summed E-state index contributed by atoms with van der Waals surface area (Å²) in [7, 11) is 3.12. The molecule has 0 unspecified atom stereocenters. The number of allylic oxidation sites excluding steroid dienone is 1.